The summed E-state index contributed by atoms with van der Waals surface area (Å²) < 4.78 is 50.6. The van der Waals surface area contributed by atoms with Crippen molar-refractivity contribution in [3.63, 3.8) is 0 Å². The highest BCUT2D eigenvalue weighted by Crippen LogP contribution is 2.12. The molecule has 0 atom stereocenters. The van der Waals surface area contributed by atoms with E-state index in [9.17, 15) is 0 Å². The number of rotatable bonds is 2. The molecule has 3 heteroatoms. The Morgan fingerprint density at radius 2 is 2.25 bits per heavy atom. The minimum atomic E-state index is -2.63. The van der Waals surface area contributed by atoms with Crippen molar-refractivity contribution in [1.82, 2.24) is 5.31 Å². The second kappa shape index (κ2) is 2.01. The van der Waals surface area contributed by atoms with E-state index in [1.54, 1.807) is 0 Å². The van der Waals surface area contributed by atoms with Crippen molar-refractivity contribution in [2.75, 3.05) is 13.1 Å². The molecule has 1 aliphatic rings. The standard InChI is InChI=1S/C5H11NO2/c7-5(8)1-3-6-4-2-5/h6-8H,1-4H2/i1D2,2D2,7D,8D/hD. The molecule has 1 fully saturated rings. The average Bonchev–Trinajstić information content (AvgIpc) is 2.01. The van der Waals surface area contributed by atoms with E-state index in [2.05, 4.69) is 10.2 Å². The fourth-order valence-electron chi connectivity index (χ4n) is 0.438. The van der Waals surface area contributed by atoms with E-state index in [4.69, 9.17) is 9.76 Å². The van der Waals surface area contributed by atoms with Crippen LogP contribution in [-0.4, -0.2) is 32.0 Å². The van der Waals surface area contributed by atoms with Gasteiger partial charge < -0.3 is 15.5 Å². The van der Waals surface area contributed by atoms with Gasteiger partial charge in [0.05, 0.1) is 0 Å². The zero-order chi connectivity index (χ0) is 11.9. The minimum absolute atomic E-state index is 0.496. The first-order chi connectivity index (χ1) is 6.72. The van der Waals surface area contributed by atoms with Gasteiger partial charge in [-0.05, 0) is 0 Å². The molecular weight excluding hydrogens is 106 g/mol. The van der Waals surface area contributed by atoms with Crippen LogP contribution in [0.4, 0.5) is 0 Å². The normalized spacial score (nSPS) is 55.2. The highest BCUT2D eigenvalue weighted by atomic mass is 16.5. The Balaban J connectivity index is 3.17. The molecule has 0 aromatic heterocycles. The molecule has 48 valence electrons. The van der Waals surface area contributed by atoms with Gasteiger partial charge in [-0.15, -0.1) is 0 Å². The lowest BCUT2D eigenvalue weighted by Gasteiger charge is -2.26. The molecule has 8 heavy (non-hydrogen) atoms. The summed E-state index contributed by atoms with van der Waals surface area (Å²) in [6, 6.07) is 0. The highest BCUT2D eigenvalue weighted by molar-refractivity contribution is 4.72. The predicted molar refractivity (Wildman–Crippen MR) is 29.3 cm³/mol. The number of hydrogen-bond acceptors (Lipinski definition) is 3. The first-order valence-electron chi connectivity index (χ1n) is 5.51. The molecule has 0 aromatic carbocycles. The number of aliphatic hydroxyl groups is 2. The van der Waals surface area contributed by atoms with E-state index in [1.165, 1.54) is 0 Å². The second-order valence-electron chi connectivity index (χ2n) is 1.51. The number of nitrogens with one attached hydrogen (secondary N) is 1. The maximum Gasteiger partial charge on any atom is 0.214 e. The molecule has 0 aliphatic carbocycles. The van der Waals surface area contributed by atoms with Crippen molar-refractivity contribution < 1.29 is 17.1 Å². The SMILES string of the molecule is [2H]OC1(O[2H])C([2H])([2H])CN([2H])CC1([2H])[2H]. The molecule has 0 bridgehead atoms. The molecular formula is C5H11NO2. The molecule has 0 amide bonds. The van der Waals surface area contributed by atoms with Gasteiger partial charge in [-0.1, -0.05) is 0 Å². The van der Waals surface area contributed by atoms with Crippen LogP contribution in [0.1, 0.15) is 18.2 Å². The van der Waals surface area contributed by atoms with Crippen LogP contribution in [0.15, 0.2) is 0 Å². The van der Waals surface area contributed by atoms with E-state index >= 15 is 0 Å². The lowest BCUT2D eigenvalue weighted by atomic mass is 10.1. The van der Waals surface area contributed by atoms with Crippen molar-refractivity contribution in [3.05, 3.63) is 0 Å². The zero-order valence-electron chi connectivity index (χ0n) is 11.2. The molecule has 0 unspecified atom stereocenters. The summed E-state index contributed by atoms with van der Waals surface area (Å²) in [5.74, 6) is -2.63. The largest absolute Gasteiger partial charge is 0.366 e. The molecule has 3 N–H and O–H groups in total. The van der Waals surface area contributed by atoms with Gasteiger partial charge in [0.1, 0.15) is 1.41 Å². The molecule has 1 saturated heterocycles. The smallest absolute Gasteiger partial charge is 0.214 e. The van der Waals surface area contributed by atoms with Gasteiger partial charge in [0.15, 0.2) is 5.79 Å². The van der Waals surface area contributed by atoms with Crippen molar-refractivity contribution >= 4 is 0 Å². The van der Waals surface area contributed by atoms with Crippen LogP contribution < -0.4 is 5.31 Å². The van der Waals surface area contributed by atoms with Crippen LogP contribution >= 0.6 is 0 Å². The molecule has 1 rings (SSSR count). The molecule has 1 heterocycles. The van der Waals surface area contributed by atoms with E-state index in [0.29, 0.717) is 5.31 Å². The summed E-state index contributed by atoms with van der Waals surface area (Å²) in [7, 11) is 0. The molecule has 3 nitrogen and oxygen atoms in total. The Kier molecular flexibility index (Phi) is 0.423. The molecule has 0 radical (unpaired) electrons. The van der Waals surface area contributed by atoms with Gasteiger partial charge in [0.2, 0.25) is 2.86 Å². The quantitative estimate of drug-likeness (QED) is 0.416. The number of piperidine rings is 1. The summed E-state index contributed by atoms with van der Waals surface area (Å²) >= 11 is 0. The Hall–Kier alpha value is -0.120. The number of hydrogen-bond donors (Lipinski definition) is 3. The molecule has 0 saturated carbocycles. The van der Waals surface area contributed by atoms with Crippen molar-refractivity contribution in [2.24, 2.45) is 0 Å². The van der Waals surface area contributed by atoms with Crippen LogP contribution in [0.25, 0.3) is 0 Å². The topological polar surface area (TPSA) is 52.5 Å². The second-order valence-corrected chi connectivity index (χ2v) is 1.51. The van der Waals surface area contributed by atoms with Gasteiger partial charge in [-0.3, -0.25) is 0 Å². The first-order valence-corrected chi connectivity index (χ1v) is 2.25. The lowest BCUT2D eigenvalue weighted by Crippen LogP contribution is -2.41. The van der Waals surface area contributed by atoms with Crippen LogP contribution in [0.3, 0.4) is 0 Å². The average molecular weight is 124 g/mol. The summed E-state index contributed by atoms with van der Waals surface area (Å²) in [5, 5.41) is 8.65. The Bertz CT molecular complexity index is 224. The Morgan fingerprint density at radius 1 is 1.62 bits per heavy atom. The van der Waals surface area contributed by atoms with Gasteiger partial charge in [0, 0.05) is 31.3 Å². The Labute approximate surface area is 58.4 Å². The third-order valence-electron chi connectivity index (χ3n) is 0.847. The first kappa shape index (κ1) is 1.68. The highest BCUT2D eigenvalue weighted by Gasteiger charge is 2.24. The fraction of sp³-hybridized carbons (Fsp3) is 1.00. The van der Waals surface area contributed by atoms with Crippen LogP contribution in [0.5, 0.6) is 0 Å². The van der Waals surface area contributed by atoms with Crippen molar-refractivity contribution in [3.8, 4) is 0 Å². The van der Waals surface area contributed by atoms with E-state index in [1.807, 2.05) is 0 Å². The van der Waals surface area contributed by atoms with Gasteiger partial charge in [-0.2, -0.15) is 0 Å². The third-order valence-corrected chi connectivity index (χ3v) is 0.847. The molecule has 1 aliphatic heterocycles. The summed E-state index contributed by atoms with van der Waals surface area (Å²) in [6.07, 6.45) is -4.92. The third kappa shape index (κ3) is 1.43. The molecule has 0 aromatic rings. The zero-order valence-corrected chi connectivity index (χ0v) is 4.18. The van der Waals surface area contributed by atoms with Crippen molar-refractivity contribution in [1.29, 1.82) is 2.86 Å². The maximum atomic E-state index is 7.49. The van der Waals surface area contributed by atoms with Gasteiger partial charge in [-0.25, -0.2) is 0 Å². The minimum Gasteiger partial charge on any atom is -0.366 e. The van der Waals surface area contributed by atoms with Gasteiger partial charge in [0.25, 0.3) is 0 Å². The summed E-state index contributed by atoms with van der Waals surface area (Å²) in [5.41, 5.74) is 0. The molecule has 0 spiro atoms. The van der Waals surface area contributed by atoms with Crippen LogP contribution in [0.2, 0.25) is 1.41 Å². The van der Waals surface area contributed by atoms with E-state index in [-0.39, 0.29) is 0 Å². The van der Waals surface area contributed by atoms with Gasteiger partial charge >= 0.3 is 0 Å². The maximum absolute atomic E-state index is 7.49. The van der Waals surface area contributed by atoms with Crippen LogP contribution in [0, 0.1) is 0 Å². The lowest BCUT2D eigenvalue weighted by molar-refractivity contribution is -0.175. The summed E-state index contributed by atoms with van der Waals surface area (Å²) in [4.78, 5) is 0. The Morgan fingerprint density at radius 3 is 2.75 bits per heavy atom. The predicted octanol–water partition coefficient (Wildman–Crippen LogP) is -0.949. The van der Waals surface area contributed by atoms with Crippen LogP contribution in [-0.2, 0) is 0 Å². The van der Waals surface area contributed by atoms with E-state index < -0.39 is 31.6 Å². The van der Waals surface area contributed by atoms with Crippen molar-refractivity contribution in [2.45, 2.75) is 18.5 Å². The fourth-order valence-corrected chi connectivity index (χ4v) is 0.438. The van der Waals surface area contributed by atoms with E-state index in [0.717, 1.165) is 0 Å². The monoisotopic (exact) mass is 124 g/mol. The summed E-state index contributed by atoms with van der Waals surface area (Å²) in [6.45, 7) is -0.992.